The van der Waals surface area contributed by atoms with E-state index in [-0.39, 0.29) is 6.10 Å². The smallest absolute Gasteiger partial charge is 0.0650 e. The molecule has 0 unspecified atom stereocenters. The fraction of sp³-hybridized carbons (Fsp3) is 0.923. The van der Waals surface area contributed by atoms with Crippen LogP contribution < -0.4 is 0 Å². The summed E-state index contributed by atoms with van der Waals surface area (Å²) in [7, 11) is -1.14. The largest absolute Gasteiger partial charge is 0.393 e. The van der Waals surface area contributed by atoms with Gasteiger partial charge in [0.1, 0.15) is 0 Å². The van der Waals surface area contributed by atoms with Gasteiger partial charge in [0.05, 0.1) is 11.7 Å². The second-order valence-corrected chi connectivity index (χ2v) is 18.9. The van der Waals surface area contributed by atoms with Gasteiger partial charge in [-0.25, -0.2) is 0 Å². The van der Waals surface area contributed by atoms with Crippen molar-refractivity contribution < 1.29 is 10.2 Å². The zero-order valence-corrected chi connectivity index (χ0v) is 20.9. The van der Waals surface area contributed by atoms with Crippen LogP contribution >= 0.6 is 0 Å². The molecule has 2 nitrogen and oxygen atoms in total. The first-order valence-electron chi connectivity index (χ1n) is 12.5. The maximum atomic E-state index is 11.6. The Balaban J connectivity index is 1.56. The van der Waals surface area contributed by atoms with Gasteiger partial charge in [-0.1, -0.05) is 51.2 Å². The summed E-state index contributed by atoms with van der Waals surface area (Å²) in [5.41, 5.74) is 1.69. The van der Waals surface area contributed by atoms with E-state index in [0.717, 1.165) is 37.0 Å². The molecule has 4 aliphatic rings. The molecule has 4 aliphatic carbocycles. The van der Waals surface area contributed by atoms with Crippen molar-refractivity contribution in [2.75, 3.05) is 0 Å². The first-order valence-corrected chi connectivity index (χ1v) is 16.2. The molecule has 29 heavy (non-hydrogen) atoms. The number of rotatable bonds is 4. The van der Waals surface area contributed by atoms with E-state index in [0.29, 0.717) is 16.7 Å². The Hall–Kier alpha value is -0.123. The van der Waals surface area contributed by atoms with Gasteiger partial charge in [0, 0.05) is 8.07 Å². The van der Waals surface area contributed by atoms with Crippen LogP contribution in [0.15, 0.2) is 11.6 Å². The van der Waals surface area contributed by atoms with Gasteiger partial charge in [-0.05, 0) is 99.2 Å². The summed E-state index contributed by atoms with van der Waals surface area (Å²) < 4.78 is 0. The lowest BCUT2D eigenvalue weighted by atomic mass is 9.46. The average Bonchev–Trinajstić information content (AvgIpc) is 2.98. The molecule has 0 heterocycles. The number of aliphatic hydroxyl groups is 2. The number of aliphatic hydroxyl groups excluding tert-OH is 1. The molecule has 0 spiro atoms. The minimum absolute atomic E-state index is 0.114. The van der Waals surface area contributed by atoms with Crippen molar-refractivity contribution in [1.82, 2.24) is 0 Å². The van der Waals surface area contributed by atoms with Crippen LogP contribution in [0.3, 0.4) is 0 Å². The highest BCUT2D eigenvalue weighted by molar-refractivity contribution is 6.76. The zero-order valence-electron chi connectivity index (χ0n) is 19.9. The summed E-state index contributed by atoms with van der Waals surface area (Å²) in [6.45, 7) is 14.5. The molecule has 2 N–H and O–H groups in total. The van der Waals surface area contributed by atoms with E-state index in [1.54, 1.807) is 5.57 Å². The molecule has 3 fully saturated rings. The van der Waals surface area contributed by atoms with Crippen LogP contribution in [0.25, 0.3) is 0 Å². The normalized spacial score (nSPS) is 46.9. The lowest BCUT2D eigenvalue weighted by Gasteiger charge is -2.59. The monoisotopic (exact) mass is 418 g/mol. The molecule has 0 bridgehead atoms. The molecule has 0 amide bonds. The van der Waals surface area contributed by atoms with Crippen molar-refractivity contribution in [3.8, 4) is 0 Å². The van der Waals surface area contributed by atoms with Crippen LogP contribution in [-0.4, -0.2) is 30.0 Å². The number of hydrogen-bond acceptors (Lipinski definition) is 2. The summed E-state index contributed by atoms with van der Waals surface area (Å²) in [6, 6.07) is 1.23. The molecule has 4 rings (SSSR count). The molecule has 0 aromatic heterocycles. The van der Waals surface area contributed by atoms with E-state index in [1.807, 2.05) is 0 Å². The van der Waals surface area contributed by atoms with E-state index in [2.05, 4.69) is 46.5 Å². The quantitative estimate of drug-likeness (QED) is 0.409. The standard InChI is InChI=1S/C26H46O2Si/c1-24-13-11-19(27)17-18(24)7-8-20-21-9-10-23(25(21,2)14-12-22(20)24)26(3,28)15-16-29(4,5)6/h7,19-23,27-28H,8-17H2,1-6H3/t19-,20-,21-,22-,23-,24-,25-,26-/m0/s1. The zero-order chi connectivity index (χ0) is 21.2. The third kappa shape index (κ3) is 3.72. The second-order valence-electron chi connectivity index (χ2n) is 13.2. The van der Waals surface area contributed by atoms with E-state index in [4.69, 9.17) is 0 Å². The van der Waals surface area contributed by atoms with Crippen molar-refractivity contribution in [2.24, 2.45) is 34.5 Å². The maximum absolute atomic E-state index is 11.6. The van der Waals surface area contributed by atoms with Crippen LogP contribution in [0.5, 0.6) is 0 Å². The third-order valence-electron chi connectivity index (χ3n) is 10.2. The molecule has 0 radical (unpaired) electrons. The topological polar surface area (TPSA) is 40.5 Å². The van der Waals surface area contributed by atoms with Gasteiger partial charge >= 0.3 is 0 Å². The average molecular weight is 419 g/mol. The van der Waals surface area contributed by atoms with Gasteiger partial charge in [0.15, 0.2) is 0 Å². The van der Waals surface area contributed by atoms with Crippen LogP contribution in [0.1, 0.15) is 78.6 Å². The van der Waals surface area contributed by atoms with Gasteiger partial charge in [0.25, 0.3) is 0 Å². The van der Waals surface area contributed by atoms with Gasteiger partial charge in [0.2, 0.25) is 0 Å². The van der Waals surface area contributed by atoms with Gasteiger partial charge < -0.3 is 10.2 Å². The lowest BCUT2D eigenvalue weighted by molar-refractivity contribution is -0.103. The summed E-state index contributed by atoms with van der Waals surface area (Å²) in [6.07, 6.45) is 12.8. The molecule has 3 saturated carbocycles. The second kappa shape index (κ2) is 7.20. The Morgan fingerprint density at radius 3 is 2.48 bits per heavy atom. The maximum Gasteiger partial charge on any atom is 0.0650 e. The lowest BCUT2D eigenvalue weighted by Crippen LogP contribution is -2.53. The number of fused-ring (bicyclic) bond motifs is 5. The molecule has 0 saturated heterocycles. The van der Waals surface area contributed by atoms with E-state index in [1.165, 1.54) is 44.6 Å². The van der Waals surface area contributed by atoms with Crippen molar-refractivity contribution in [1.29, 1.82) is 0 Å². The summed E-state index contributed by atoms with van der Waals surface area (Å²) in [5, 5.41) is 21.8. The van der Waals surface area contributed by atoms with Crippen LogP contribution in [0.4, 0.5) is 0 Å². The Morgan fingerprint density at radius 2 is 1.79 bits per heavy atom. The van der Waals surface area contributed by atoms with Crippen molar-refractivity contribution in [3.05, 3.63) is 11.6 Å². The van der Waals surface area contributed by atoms with Crippen LogP contribution in [0.2, 0.25) is 25.7 Å². The molecular weight excluding hydrogens is 372 g/mol. The Kier molecular flexibility index (Phi) is 5.48. The highest BCUT2D eigenvalue weighted by Crippen LogP contribution is 2.67. The van der Waals surface area contributed by atoms with E-state index in [9.17, 15) is 10.2 Å². The van der Waals surface area contributed by atoms with Crippen LogP contribution in [-0.2, 0) is 0 Å². The third-order valence-corrected chi connectivity index (χ3v) is 12.0. The summed E-state index contributed by atoms with van der Waals surface area (Å²) >= 11 is 0. The minimum atomic E-state index is -1.14. The van der Waals surface area contributed by atoms with Gasteiger partial charge in [-0.2, -0.15) is 0 Å². The molecular formula is C26H46O2Si. The first-order chi connectivity index (χ1) is 13.4. The van der Waals surface area contributed by atoms with Gasteiger partial charge in [-0.3, -0.25) is 0 Å². The summed E-state index contributed by atoms with van der Waals surface area (Å²) in [4.78, 5) is 0. The van der Waals surface area contributed by atoms with Crippen molar-refractivity contribution in [3.63, 3.8) is 0 Å². The van der Waals surface area contributed by atoms with E-state index >= 15 is 0 Å². The Labute approximate surface area is 180 Å². The molecule has 8 atom stereocenters. The Morgan fingerprint density at radius 1 is 1.07 bits per heavy atom. The predicted molar refractivity (Wildman–Crippen MR) is 125 cm³/mol. The fourth-order valence-electron chi connectivity index (χ4n) is 8.47. The SMILES string of the molecule is C[C@]12CC[C@H]3[C@@H](CC=C4C[C@@H](O)CC[C@@]43C)[C@@H]1CC[C@@H]2[C@@](C)(O)CC[Si](C)(C)C. The first kappa shape index (κ1) is 22.1. The van der Waals surface area contributed by atoms with E-state index < -0.39 is 13.7 Å². The van der Waals surface area contributed by atoms with Crippen molar-refractivity contribution in [2.45, 2.75) is 116 Å². The number of allylic oxidation sites excluding steroid dienone is 1. The van der Waals surface area contributed by atoms with Gasteiger partial charge in [-0.15, -0.1) is 0 Å². The van der Waals surface area contributed by atoms with Crippen molar-refractivity contribution >= 4 is 8.07 Å². The molecule has 166 valence electrons. The minimum Gasteiger partial charge on any atom is -0.393 e. The highest BCUT2D eigenvalue weighted by Gasteiger charge is 2.61. The molecule has 0 aliphatic heterocycles. The summed E-state index contributed by atoms with van der Waals surface area (Å²) in [5.74, 6) is 2.81. The van der Waals surface area contributed by atoms with Crippen LogP contribution in [0, 0.1) is 34.5 Å². The molecule has 0 aromatic carbocycles. The molecule has 3 heteroatoms. The fourth-order valence-corrected chi connectivity index (χ4v) is 9.72. The Bertz CT molecular complexity index is 662. The predicted octanol–water partition coefficient (Wildman–Crippen LogP) is 6.41. The molecule has 0 aromatic rings. The number of hydrogen-bond donors (Lipinski definition) is 2. The highest BCUT2D eigenvalue weighted by atomic mass is 28.3.